The summed E-state index contributed by atoms with van der Waals surface area (Å²) in [7, 11) is 0. The van der Waals surface area contributed by atoms with Gasteiger partial charge in [-0.15, -0.1) is 0 Å². The van der Waals surface area contributed by atoms with E-state index in [2.05, 4.69) is 34.7 Å². The van der Waals surface area contributed by atoms with Crippen LogP contribution in [0.25, 0.3) is 11.0 Å². The molecule has 0 N–H and O–H groups in total. The molecular formula is C12H14N2S2. The third-order valence-corrected chi connectivity index (χ3v) is 3.68. The molecule has 0 unspecified atom stereocenters. The maximum atomic E-state index is 4.30. The Morgan fingerprint density at radius 1 is 1.12 bits per heavy atom. The Hall–Kier alpha value is -0.740. The minimum atomic E-state index is 0.964. The Bertz CT molecular complexity index is 459. The van der Waals surface area contributed by atoms with E-state index >= 15 is 0 Å². The molecule has 1 heterocycles. The van der Waals surface area contributed by atoms with Gasteiger partial charge in [0.1, 0.15) is 0 Å². The van der Waals surface area contributed by atoms with Crippen LogP contribution >= 0.6 is 24.4 Å². The van der Waals surface area contributed by atoms with Crippen molar-refractivity contribution in [1.29, 1.82) is 0 Å². The summed E-state index contributed by atoms with van der Waals surface area (Å²) in [5.74, 6) is 3.18. The number of thiol groups is 1. The van der Waals surface area contributed by atoms with E-state index in [0.29, 0.717) is 0 Å². The van der Waals surface area contributed by atoms with E-state index in [1.807, 2.05) is 17.8 Å². The Labute approximate surface area is 105 Å². The molecule has 0 amide bonds. The monoisotopic (exact) mass is 250 g/mol. The van der Waals surface area contributed by atoms with Gasteiger partial charge in [0.25, 0.3) is 0 Å². The molecule has 2 rings (SSSR count). The first-order chi connectivity index (χ1) is 7.90. The van der Waals surface area contributed by atoms with Gasteiger partial charge in [0.2, 0.25) is 0 Å². The van der Waals surface area contributed by atoms with Gasteiger partial charge in [-0.05, 0) is 35.6 Å². The molecule has 84 valence electrons. The molecule has 0 fully saturated rings. The van der Waals surface area contributed by atoms with Crippen LogP contribution in [-0.4, -0.2) is 21.5 Å². The minimum Gasteiger partial charge on any atom is -0.253 e. The number of hydrogen-bond donors (Lipinski definition) is 1. The molecule has 0 spiro atoms. The van der Waals surface area contributed by atoms with Gasteiger partial charge in [0.15, 0.2) is 0 Å². The van der Waals surface area contributed by atoms with Crippen LogP contribution in [0.4, 0.5) is 0 Å². The zero-order valence-corrected chi connectivity index (χ0v) is 10.7. The summed E-state index contributed by atoms with van der Waals surface area (Å²) in [6.45, 7) is 0. The lowest BCUT2D eigenvalue weighted by molar-refractivity contribution is 1.13. The van der Waals surface area contributed by atoms with Crippen molar-refractivity contribution in [2.75, 3.05) is 11.5 Å². The average molecular weight is 250 g/mol. The van der Waals surface area contributed by atoms with Crippen molar-refractivity contribution in [3.8, 4) is 0 Å². The number of hydrogen-bond acceptors (Lipinski definition) is 4. The summed E-state index contributed by atoms with van der Waals surface area (Å²) in [6, 6.07) is 6.29. The lowest BCUT2D eigenvalue weighted by Crippen LogP contribution is -1.87. The predicted molar refractivity (Wildman–Crippen MR) is 74.2 cm³/mol. The van der Waals surface area contributed by atoms with Gasteiger partial charge in [-0.25, -0.2) is 0 Å². The van der Waals surface area contributed by atoms with Crippen molar-refractivity contribution in [1.82, 2.24) is 9.97 Å². The van der Waals surface area contributed by atoms with Gasteiger partial charge in [-0.1, -0.05) is 6.07 Å². The van der Waals surface area contributed by atoms with Crippen LogP contribution in [0.1, 0.15) is 12.0 Å². The van der Waals surface area contributed by atoms with Crippen LogP contribution in [0.2, 0.25) is 0 Å². The number of benzene rings is 1. The molecule has 2 aromatic rings. The molecule has 0 saturated heterocycles. The normalized spacial score (nSPS) is 10.8. The highest BCUT2D eigenvalue weighted by Crippen LogP contribution is 2.17. The Balaban J connectivity index is 2.02. The van der Waals surface area contributed by atoms with Crippen LogP contribution in [-0.2, 0) is 5.75 Å². The second kappa shape index (κ2) is 6.11. The molecule has 0 radical (unpaired) electrons. The summed E-state index contributed by atoms with van der Waals surface area (Å²) in [6.07, 6.45) is 4.63. The second-order valence-corrected chi connectivity index (χ2v) is 5.06. The lowest BCUT2D eigenvalue weighted by Gasteiger charge is -2.02. The third-order valence-electron chi connectivity index (χ3n) is 2.25. The SMILES string of the molecule is SCCCSCc1ccc2nccnc2c1. The molecule has 0 aliphatic heterocycles. The average Bonchev–Trinajstić information content (AvgIpc) is 2.34. The van der Waals surface area contributed by atoms with Crippen molar-refractivity contribution >= 4 is 35.4 Å². The zero-order valence-electron chi connectivity index (χ0n) is 8.97. The molecule has 2 nitrogen and oxygen atoms in total. The maximum absolute atomic E-state index is 4.30. The van der Waals surface area contributed by atoms with Gasteiger partial charge < -0.3 is 0 Å². The van der Waals surface area contributed by atoms with E-state index in [4.69, 9.17) is 0 Å². The highest BCUT2D eigenvalue weighted by Gasteiger charge is 1.98. The summed E-state index contributed by atoms with van der Waals surface area (Å²) >= 11 is 6.14. The molecule has 16 heavy (non-hydrogen) atoms. The van der Waals surface area contributed by atoms with Crippen molar-refractivity contribution in [2.24, 2.45) is 0 Å². The first-order valence-electron chi connectivity index (χ1n) is 5.28. The van der Waals surface area contributed by atoms with E-state index in [1.165, 1.54) is 17.7 Å². The maximum Gasteiger partial charge on any atom is 0.0889 e. The Morgan fingerprint density at radius 3 is 2.75 bits per heavy atom. The molecule has 0 aliphatic carbocycles. The highest BCUT2D eigenvalue weighted by molar-refractivity contribution is 7.98. The van der Waals surface area contributed by atoms with Gasteiger partial charge in [0, 0.05) is 18.1 Å². The third kappa shape index (κ3) is 3.12. The van der Waals surface area contributed by atoms with Gasteiger partial charge in [-0.3, -0.25) is 9.97 Å². The molecule has 0 bridgehead atoms. The van der Waals surface area contributed by atoms with Crippen molar-refractivity contribution in [2.45, 2.75) is 12.2 Å². The summed E-state index contributed by atoms with van der Waals surface area (Å²) in [5, 5.41) is 0. The molecule has 1 aromatic heterocycles. The minimum absolute atomic E-state index is 0.964. The molecule has 0 aliphatic rings. The number of nitrogens with zero attached hydrogens (tertiary/aromatic N) is 2. The predicted octanol–water partition coefficient (Wildman–Crippen LogP) is 3.18. The van der Waals surface area contributed by atoms with E-state index in [-0.39, 0.29) is 0 Å². The van der Waals surface area contributed by atoms with Crippen LogP contribution in [0.15, 0.2) is 30.6 Å². The first kappa shape index (κ1) is 11.7. The summed E-state index contributed by atoms with van der Waals surface area (Å²) < 4.78 is 0. The van der Waals surface area contributed by atoms with Gasteiger partial charge >= 0.3 is 0 Å². The van der Waals surface area contributed by atoms with Crippen LogP contribution < -0.4 is 0 Å². The molecular weight excluding hydrogens is 236 g/mol. The van der Waals surface area contributed by atoms with Gasteiger partial charge in [0.05, 0.1) is 11.0 Å². The van der Waals surface area contributed by atoms with Crippen LogP contribution in [0, 0.1) is 0 Å². The molecule has 1 aromatic carbocycles. The van der Waals surface area contributed by atoms with Crippen LogP contribution in [0.5, 0.6) is 0 Å². The fraction of sp³-hybridized carbons (Fsp3) is 0.333. The largest absolute Gasteiger partial charge is 0.253 e. The van der Waals surface area contributed by atoms with Crippen molar-refractivity contribution < 1.29 is 0 Å². The number of thioether (sulfide) groups is 1. The first-order valence-corrected chi connectivity index (χ1v) is 7.07. The summed E-state index contributed by atoms with van der Waals surface area (Å²) in [4.78, 5) is 8.55. The van der Waals surface area contributed by atoms with E-state index in [0.717, 1.165) is 22.5 Å². The lowest BCUT2D eigenvalue weighted by atomic mass is 10.2. The molecule has 0 saturated carbocycles. The number of fused-ring (bicyclic) bond motifs is 1. The summed E-state index contributed by atoms with van der Waals surface area (Å²) in [5.41, 5.74) is 3.26. The fourth-order valence-electron chi connectivity index (χ4n) is 1.46. The topological polar surface area (TPSA) is 25.8 Å². The molecule has 0 atom stereocenters. The van der Waals surface area contributed by atoms with Crippen molar-refractivity contribution in [3.63, 3.8) is 0 Å². The van der Waals surface area contributed by atoms with E-state index < -0.39 is 0 Å². The quantitative estimate of drug-likeness (QED) is 0.652. The smallest absolute Gasteiger partial charge is 0.0889 e. The standard InChI is InChI=1S/C12H14N2S2/c15-6-1-7-16-9-10-2-3-11-12(8-10)14-5-4-13-11/h2-5,8,15H,1,6-7,9H2. The van der Waals surface area contributed by atoms with Gasteiger partial charge in [-0.2, -0.15) is 24.4 Å². The fourth-order valence-corrected chi connectivity index (χ4v) is 2.74. The molecule has 4 heteroatoms. The van der Waals surface area contributed by atoms with E-state index in [9.17, 15) is 0 Å². The van der Waals surface area contributed by atoms with Crippen molar-refractivity contribution in [3.05, 3.63) is 36.2 Å². The Morgan fingerprint density at radius 2 is 1.94 bits per heavy atom. The van der Waals surface area contributed by atoms with E-state index in [1.54, 1.807) is 12.4 Å². The number of aromatic nitrogens is 2. The number of rotatable bonds is 5. The van der Waals surface area contributed by atoms with Crippen LogP contribution in [0.3, 0.4) is 0 Å². The zero-order chi connectivity index (χ0) is 11.2. The Kier molecular flexibility index (Phi) is 4.48. The second-order valence-electron chi connectivity index (χ2n) is 3.51. The highest BCUT2D eigenvalue weighted by atomic mass is 32.2.